The Morgan fingerprint density at radius 2 is 2.00 bits per heavy atom. The SMILES string of the molecule is CC(C)(C)[Si](C)(C)OCC1CCCC(=O)C1. The topological polar surface area (TPSA) is 26.3 Å². The molecular formula is C13H26O2Si. The zero-order valence-corrected chi connectivity index (χ0v) is 12.4. The zero-order valence-electron chi connectivity index (χ0n) is 11.4. The van der Waals surface area contributed by atoms with Gasteiger partial charge in [0.1, 0.15) is 5.78 Å². The molecule has 1 unspecified atom stereocenters. The van der Waals surface area contributed by atoms with Gasteiger partial charge < -0.3 is 4.43 Å². The van der Waals surface area contributed by atoms with Gasteiger partial charge in [0.25, 0.3) is 0 Å². The Morgan fingerprint density at radius 1 is 1.38 bits per heavy atom. The molecular weight excluding hydrogens is 216 g/mol. The van der Waals surface area contributed by atoms with E-state index in [1.807, 2.05) is 0 Å². The van der Waals surface area contributed by atoms with Crippen LogP contribution >= 0.6 is 0 Å². The van der Waals surface area contributed by atoms with Crippen molar-refractivity contribution in [1.82, 2.24) is 0 Å². The van der Waals surface area contributed by atoms with Gasteiger partial charge in [0.05, 0.1) is 0 Å². The molecule has 94 valence electrons. The van der Waals surface area contributed by atoms with E-state index in [2.05, 4.69) is 33.9 Å². The van der Waals surface area contributed by atoms with Crippen molar-refractivity contribution < 1.29 is 9.22 Å². The molecule has 2 nitrogen and oxygen atoms in total. The van der Waals surface area contributed by atoms with Crippen molar-refractivity contribution in [3.05, 3.63) is 0 Å². The predicted molar refractivity (Wildman–Crippen MR) is 70.1 cm³/mol. The summed E-state index contributed by atoms with van der Waals surface area (Å²) in [6, 6.07) is 0. The summed E-state index contributed by atoms with van der Waals surface area (Å²) in [5.41, 5.74) is 0. The van der Waals surface area contributed by atoms with E-state index in [9.17, 15) is 4.79 Å². The van der Waals surface area contributed by atoms with Gasteiger partial charge in [-0.05, 0) is 36.9 Å². The molecule has 0 aliphatic heterocycles. The van der Waals surface area contributed by atoms with Crippen LogP contribution in [0.25, 0.3) is 0 Å². The summed E-state index contributed by atoms with van der Waals surface area (Å²) in [7, 11) is -1.62. The maximum absolute atomic E-state index is 11.4. The molecule has 1 aliphatic rings. The fourth-order valence-electron chi connectivity index (χ4n) is 1.80. The highest BCUT2D eigenvalue weighted by molar-refractivity contribution is 6.74. The molecule has 0 aromatic heterocycles. The second-order valence-electron chi connectivity index (χ2n) is 6.57. The Balaban J connectivity index is 2.42. The number of hydrogen-bond acceptors (Lipinski definition) is 2. The van der Waals surface area contributed by atoms with Crippen LogP contribution in [0.3, 0.4) is 0 Å². The van der Waals surface area contributed by atoms with Crippen molar-refractivity contribution in [2.45, 2.75) is 64.6 Å². The maximum atomic E-state index is 11.4. The number of Topliss-reactive ketones (excluding diaryl/α,β-unsaturated/α-hetero) is 1. The molecule has 0 aromatic carbocycles. The highest BCUT2D eigenvalue weighted by Crippen LogP contribution is 2.37. The van der Waals surface area contributed by atoms with Crippen molar-refractivity contribution in [2.75, 3.05) is 6.61 Å². The summed E-state index contributed by atoms with van der Waals surface area (Å²) in [5.74, 6) is 0.908. The highest BCUT2D eigenvalue weighted by Gasteiger charge is 2.37. The van der Waals surface area contributed by atoms with Gasteiger partial charge in [0.15, 0.2) is 8.32 Å². The van der Waals surface area contributed by atoms with E-state index >= 15 is 0 Å². The Labute approximate surface area is 101 Å². The Hall–Kier alpha value is -0.153. The van der Waals surface area contributed by atoms with Crippen LogP contribution in [0.2, 0.25) is 18.1 Å². The van der Waals surface area contributed by atoms with Crippen LogP contribution in [0.1, 0.15) is 46.5 Å². The van der Waals surface area contributed by atoms with Crippen molar-refractivity contribution >= 4 is 14.1 Å². The second kappa shape index (κ2) is 5.01. The van der Waals surface area contributed by atoms with E-state index in [1.165, 1.54) is 6.42 Å². The lowest BCUT2D eigenvalue weighted by Crippen LogP contribution is -2.42. The second-order valence-corrected chi connectivity index (χ2v) is 11.4. The monoisotopic (exact) mass is 242 g/mol. The molecule has 1 atom stereocenters. The van der Waals surface area contributed by atoms with E-state index in [-0.39, 0.29) is 5.04 Å². The third-order valence-electron chi connectivity index (χ3n) is 4.07. The number of carbonyl (C=O) groups is 1. The summed E-state index contributed by atoms with van der Waals surface area (Å²) in [6.45, 7) is 12.1. The van der Waals surface area contributed by atoms with Crippen molar-refractivity contribution in [1.29, 1.82) is 0 Å². The van der Waals surface area contributed by atoms with Crippen LogP contribution < -0.4 is 0 Å². The van der Waals surface area contributed by atoms with Gasteiger partial charge in [-0.1, -0.05) is 20.8 Å². The summed E-state index contributed by atoms with van der Waals surface area (Å²) >= 11 is 0. The number of hydrogen-bond donors (Lipinski definition) is 0. The average molecular weight is 242 g/mol. The van der Waals surface area contributed by atoms with Crippen molar-refractivity contribution in [3.63, 3.8) is 0 Å². The zero-order chi connectivity index (χ0) is 12.4. The Morgan fingerprint density at radius 3 is 2.50 bits per heavy atom. The molecule has 1 saturated carbocycles. The van der Waals surface area contributed by atoms with Gasteiger partial charge >= 0.3 is 0 Å². The summed E-state index contributed by atoms with van der Waals surface area (Å²) in [4.78, 5) is 11.4. The van der Waals surface area contributed by atoms with E-state index < -0.39 is 8.32 Å². The van der Waals surface area contributed by atoms with Crippen LogP contribution in [0, 0.1) is 5.92 Å². The smallest absolute Gasteiger partial charge is 0.191 e. The quantitative estimate of drug-likeness (QED) is 0.704. The fourth-order valence-corrected chi connectivity index (χ4v) is 2.88. The third kappa shape index (κ3) is 3.70. The molecule has 0 spiro atoms. The minimum Gasteiger partial charge on any atom is -0.417 e. The van der Waals surface area contributed by atoms with Crippen molar-refractivity contribution in [3.8, 4) is 0 Å². The van der Waals surface area contributed by atoms with Crippen LogP contribution in [0.5, 0.6) is 0 Å². The highest BCUT2D eigenvalue weighted by atomic mass is 28.4. The van der Waals surface area contributed by atoms with Gasteiger partial charge in [0, 0.05) is 19.4 Å². The molecule has 0 N–H and O–H groups in total. The molecule has 0 bridgehead atoms. The maximum Gasteiger partial charge on any atom is 0.191 e. The van der Waals surface area contributed by atoms with Crippen LogP contribution in [-0.4, -0.2) is 20.7 Å². The minimum absolute atomic E-state index is 0.270. The van der Waals surface area contributed by atoms with Gasteiger partial charge in [-0.15, -0.1) is 0 Å². The minimum atomic E-state index is -1.62. The standard InChI is InChI=1S/C13H26O2Si/c1-13(2,3)16(4,5)15-10-11-7-6-8-12(14)9-11/h11H,6-10H2,1-5H3. The summed E-state index contributed by atoms with van der Waals surface area (Å²) in [6.07, 6.45) is 3.76. The molecule has 0 amide bonds. The lowest BCUT2D eigenvalue weighted by molar-refractivity contribution is -0.121. The first kappa shape index (κ1) is 13.9. The molecule has 0 radical (unpaired) electrons. The third-order valence-corrected chi connectivity index (χ3v) is 8.57. The molecule has 1 rings (SSSR count). The van der Waals surface area contributed by atoms with Gasteiger partial charge in [-0.25, -0.2) is 0 Å². The molecule has 1 aliphatic carbocycles. The first-order valence-corrected chi connectivity index (χ1v) is 9.29. The van der Waals surface area contributed by atoms with Crippen LogP contribution in [0.4, 0.5) is 0 Å². The normalized spacial score (nSPS) is 23.6. The lowest BCUT2D eigenvalue weighted by Gasteiger charge is -2.37. The van der Waals surface area contributed by atoms with E-state index in [1.54, 1.807) is 0 Å². The van der Waals surface area contributed by atoms with Crippen LogP contribution in [0.15, 0.2) is 0 Å². The summed E-state index contributed by atoms with van der Waals surface area (Å²) in [5, 5.41) is 0.270. The molecule has 16 heavy (non-hydrogen) atoms. The summed E-state index contributed by atoms with van der Waals surface area (Å²) < 4.78 is 6.17. The largest absolute Gasteiger partial charge is 0.417 e. The fraction of sp³-hybridized carbons (Fsp3) is 0.923. The number of rotatable bonds is 3. The number of carbonyl (C=O) groups excluding carboxylic acids is 1. The first-order chi connectivity index (χ1) is 7.22. The van der Waals surface area contributed by atoms with Gasteiger partial charge in [-0.3, -0.25) is 4.79 Å². The molecule has 0 saturated heterocycles. The predicted octanol–water partition coefficient (Wildman–Crippen LogP) is 3.77. The van der Waals surface area contributed by atoms with Gasteiger partial charge in [0.2, 0.25) is 0 Å². The van der Waals surface area contributed by atoms with Gasteiger partial charge in [-0.2, -0.15) is 0 Å². The van der Waals surface area contributed by atoms with Crippen molar-refractivity contribution in [2.24, 2.45) is 5.92 Å². The molecule has 3 heteroatoms. The molecule has 1 fully saturated rings. The first-order valence-electron chi connectivity index (χ1n) is 6.38. The number of ketones is 1. The average Bonchev–Trinajstić information content (AvgIpc) is 2.13. The van der Waals surface area contributed by atoms with E-state index in [0.717, 1.165) is 25.9 Å². The molecule has 0 aromatic rings. The lowest BCUT2D eigenvalue weighted by atomic mass is 9.89. The van der Waals surface area contributed by atoms with E-state index in [4.69, 9.17) is 4.43 Å². The molecule has 0 heterocycles. The van der Waals surface area contributed by atoms with E-state index in [0.29, 0.717) is 11.7 Å². The van der Waals surface area contributed by atoms with Crippen LogP contribution in [-0.2, 0) is 9.22 Å². The Bertz CT molecular complexity index is 253. The Kier molecular flexibility index (Phi) is 4.35.